The molecule has 2 heteroatoms. The van der Waals surface area contributed by atoms with Crippen molar-refractivity contribution in [1.82, 2.24) is 0 Å². The summed E-state index contributed by atoms with van der Waals surface area (Å²) in [4.78, 5) is 0. The van der Waals surface area contributed by atoms with Gasteiger partial charge in [-0.15, -0.1) is 0 Å². The third-order valence-corrected chi connectivity index (χ3v) is 1.85. The first-order chi connectivity index (χ1) is 5.63. The fraction of sp³-hybridized carbons (Fsp3) is 0.167. The normalized spacial score (nSPS) is 8.14. The summed E-state index contributed by atoms with van der Waals surface area (Å²) in [5.74, 6) is 0. The van der Waals surface area contributed by atoms with Crippen LogP contribution in [0.25, 0.3) is 11.1 Å². The molecule has 0 unspecified atom stereocenters. The molecular weight excluding hydrogens is 158 g/mol. The standard InChI is InChI=1S/C12H14.2Li.2H/c1-9(2)11-7-5-6-8-12(11)10(3)4;;;;/h5-8H,1,3H2,2,4H3;;;;/q;2*+1;2*-1. The number of rotatable bonds is 2. The summed E-state index contributed by atoms with van der Waals surface area (Å²) in [6, 6.07) is 8.20. The van der Waals surface area contributed by atoms with E-state index in [4.69, 9.17) is 0 Å². The number of hydrogen-bond donors (Lipinski definition) is 0. The first-order valence-electron chi connectivity index (χ1n) is 4.03. The van der Waals surface area contributed by atoms with Crippen LogP contribution < -0.4 is 37.7 Å². The van der Waals surface area contributed by atoms with Crippen molar-refractivity contribution in [1.29, 1.82) is 0 Å². The van der Waals surface area contributed by atoms with E-state index >= 15 is 0 Å². The van der Waals surface area contributed by atoms with Crippen molar-refractivity contribution in [3.05, 3.63) is 48.6 Å². The van der Waals surface area contributed by atoms with E-state index in [1.807, 2.05) is 26.0 Å². The maximum absolute atomic E-state index is 3.93. The minimum Gasteiger partial charge on any atom is -1.00 e. The Morgan fingerprint density at radius 2 is 1.21 bits per heavy atom. The van der Waals surface area contributed by atoms with Crippen LogP contribution in [0.4, 0.5) is 0 Å². The summed E-state index contributed by atoms with van der Waals surface area (Å²) in [7, 11) is 0. The zero-order valence-corrected chi connectivity index (χ0v) is 9.72. The molecule has 66 valence electrons. The van der Waals surface area contributed by atoms with E-state index in [0.29, 0.717) is 0 Å². The van der Waals surface area contributed by atoms with Crippen molar-refractivity contribution < 1.29 is 40.6 Å². The summed E-state index contributed by atoms with van der Waals surface area (Å²) in [5, 5.41) is 0. The molecule has 0 saturated heterocycles. The molecule has 0 N–H and O–H groups in total. The molecule has 1 rings (SSSR count). The van der Waals surface area contributed by atoms with Crippen LogP contribution in [0.1, 0.15) is 27.8 Å². The van der Waals surface area contributed by atoms with Gasteiger partial charge >= 0.3 is 37.7 Å². The quantitative estimate of drug-likeness (QED) is 0.454. The Hall–Kier alpha value is -0.105. The smallest absolute Gasteiger partial charge is 1.00 e. The molecule has 1 aromatic rings. The summed E-state index contributed by atoms with van der Waals surface area (Å²) < 4.78 is 0. The predicted molar refractivity (Wildman–Crippen MR) is 58.1 cm³/mol. The summed E-state index contributed by atoms with van der Waals surface area (Å²) in [6.45, 7) is 11.9. The van der Waals surface area contributed by atoms with E-state index in [-0.39, 0.29) is 40.6 Å². The minimum atomic E-state index is 0. The maximum atomic E-state index is 3.93. The van der Waals surface area contributed by atoms with Crippen LogP contribution in [0.5, 0.6) is 0 Å². The van der Waals surface area contributed by atoms with Crippen molar-refractivity contribution in [2.75, 3.05) is 0 Å². The van der Waals surface area contributed by atoms with Gasteiger partial charge in [0.15, 0.2) is 0 Å². The topological polar surface area (TPSA) is 0 Å². The zero-order valence-electron chi connectivity index (χ0n) is 11.7. The fourth-order valence-corrected chi connectivity index (χ4v) is 1.23. The molecule has 0 spiro atoms. The average Bonchev–Trinajstić information content (AvgIpc) is 2.04. The van der Waals surface area contributed by atoms with Crippen molar-refractivity contribution in [2.24, 2.45) is 0 Å². The molecule has 0 atom stereocenters. The SMILES string of the molecule is C=C(C)c1ccccc1C(=C)C.[H-].[H-].[Li+].[Li+]. The van der Waals surface area contributed by atoms with E-state index in [9.17, 15) is 0 Å². The van der Waals surface area contributed by atoms with Crippen molar-refractivity contribution in [3.63, 3.8) is 0 Å². The van der Waals surface area contributed by atoms with Gasteiger partial charge in [0.25, 0.3) is 0 Å². The Morgan fingerprint density at radius 1 is 0.929 bits per heavy atom. The Labute approximate surface area is 114 Å². The average molecular weight is 174 g/mol. The number of allylic oxidation sites excluding steroid dienone is 2. The molecule has 0 aliphatic carbocycles. The Bertz CT molecular complexity index is 303. The molecule has 1 aromatic carbocycles. The summed E-state index contributed by atoms with van der Waals surface area (Å²) in [6.07, 6.45) is 0. The van der Waals surface area contributed by atoms with Crippen LogP contribution in [-0.2, 0) is 0 Å². The van der Waals surface area contributed by atoms with Gasteiger partial charge in [-0.3, -0.25) is 0 Å². The molecule has 0 nitrogen and oxygen atoms in total. The summed E-state index contributed by atoms with van der Waals surface area (Å²) in [5.41, 5.74) is 4.58. The Balaban J connectivity index is -0.000000180. The third kappa shape index (κ3) is 3.95. The second-order valence-corrected chi connectivity index (χ2v) is 3.11. The van der Waals surface area contributed by atoms with Crippen LogP contribution in [0, 0.1) is 0 Å². The molecule has 0 amide bonds. The number of hydrogen-bond acceptors (Lipinski definition) is 0. The molecule has 14 heavy (non-hydrogen) atoms. The molecule has 0 bridgehead atoms. The second kappa shape index (κ2) is 7.22. The number of benzene rings is 1. The molecule has 0 saturated carbocycles. The van der Waals surface area contributed by atoms with Crippen LogP contribution in [0.15, 0.2) is 37.4 Å². The molecular formula is C12H16Li2. The van der Waals surface area contributed by atoms with Gasteiger partial charge in [-0.25, -0.2) is 0 Å². The van der Waals surface area contributed by atoms with Gasteiger partial charge in [-0.05, 0) is 25.0 Å². The van der Waals surface area contributed by atoms with Crippen LogP contribution in [0.3, 0.4) is 0 Å². The van der Waals surface area contributed by atoms with Crippen molar-refractivity contribution in [3.8, 4) is 0 Å². The fourth-order valence-electron chi connectivity index (χ4n) is 1.23. The van der Waals surface area contributed by atoms with E-state index < -0.39 is 0 Å². The first-order valence-corrected chi connectivity index (χ1v) is 4.03. The van der Waals surface area contributed by atoms with E-state index in [1.165, 1.54) is 11.1 Å². The van der Waals surface area contributed by atoms with Gasteiger partial charge in [0, 0.05) is 0 Å². The van der Waals surface area contributed by atoms with Gasteiger partial charge < -0.3 is 2.85 Å². The van der Waals surface area contributed by atoms with Crippen LogP contribution >= 0.6 is 0 Å². The molecule has 0 aliphatic heterocycles. The third-order valence-electron chi connectivity index (χ3n) is 1.85. The molecule has 0 heterocycles. The van der Waals surface area contributed by atoms with E-state index in [2.05, 4.69) is 25.3 Å². The monoisotopic (exact) mass is 174 g/mol. The van der Waals surface area contributed by atoms with Gasteiger partial charge in [0.1, 0.15) is 0 Å². The zero-order chi connectivity index (χ0) is 9.14. The van der Waals surface area contributed by atoms with Crippen molar-refractivity contribution >= 4 is 11.1 Å². The van der Waals surface area contributed by atoms with Crippen LogP contribution in [0.2, 0.25) is 0 Å². The Kier molecular flexibility index (Phi) is 8.42. The van der Waals surface area contributed by atoms with Crippen LogP contribution in [-0.4, -0.2) is 0 Å². The summed E-state index contributed by atoms with van der Waals surface area (Å²) >= 11 is 0. The minimum absolute atomic E-state index is 0. The van der Waals surface area contributed by atoms with Gasteiger partial charge in [-0.1, -0.05) is 48.6 Å². The van der Waals surface area contributed by atoms with E-state index in [0.717, 1.165) is 11.1 Å². The molecule has 0 aromatic heterocycles. The van der Waals surface area contributed by atoms with Gasteiger partial charge in [0.2, 0.25) is 0 Å². The maximum Gasteiger partial charge on any atom is 1.00 e. The largest absolute Gasteiger partial charge is 1.00 e. The molecule has 0 radical (unpaired) electrons. The molecule has 0 fully saturated rings. The van der Waals surface area contributed by atoms with Gasteiger partial charge in [-0.2, -0.15) is 0 Å². The van der Waals surface area contributed by atoms with Gasteiger partial charge in [0.05, 0.1) is 0 Å². The van der Waals surface area contributed by atoms with Crippen molar-refractivity contribution in [2.45, 2.75) is 13.8 Å². The first kappa shape index (κ1) is 16.3. The Morgan fingerprint density at radius 3 is 1.43 bits per heavy atom. The molecule has 0 aliphatic rings. The second-order valence-electron chi connectivity index (χ2n) is 3.11. The van der Waals surface area contributed by atoms with E-state index in [1.54, 1.807) is 0 Å². The predicted octanol–water partition coefficient (Wildman–Crippen LogP) is -2.01.